The molecule has 2 aromatic rings. The Morgan fingerprint density at radius 3 is 2.70 bits per heavy atom. The third-order valence-corrected chi connectivity index (χ3v) is 3.41. The zero-order chi connectivity index (χ0) is 14.7. The van der Waals surface area contributed by atoms with Gasteiger partial charge in [0.1, 0.15) is 11.5 Å². The first kappa shape index (κ1) is 14.2. The standard InChI is InChI=1S/C11H10FN5O2S/c1-6-9(17(18)19)10(15-11(14-6)16-13)20-8-5-3-2-4-7(8)12/h2-5H,13H2,1H3,(H,14,15,16). The molecule has 1 aromatic heterocycles. The van der Waals surface area contributed by atoms with Gasteiger partial charge < -0.3 is 0 Å². The van der Waals surface area contributed by atoms with Crippen LogP contribution in [0.4, 0.5) is 16.0 Å². The number of nitrogens with two attached hydrogens (primary N) is 1. The molecule has 0 aliphatic heterocycles. The van der Waals surface area contributed by atoms with Crippen molar-refractivity contribution in [1.29, 1.82) is 0 Å². The molecule has 0 atom stereocenters. The van der Waals surface area contributed by atoms with E-state index in [4.69, 9.17) is 5.84 Å². The molecule has 0 radical (unpaired) electrons. The highest BCUT2D eigenvalue weighted by Crippen LogP contribution is 2.36. The summed E-state index contributed by atoms with van der Waals surface area (Å²) in [4.78, 5) is 18.5. The van der Waals surface area contributed by atoms with Crippen molar-refractivity contribution in [3.8, 4) is 0 Å². The van der Waals surface area contributed by atoms with Crippen LogP contribution in [0.2, 0.25) is 0 Å². The number of benzene rings is 1. The number of aryl methyl sites for hydroxylation is 1. The van der Waals surface area contributed by atoms with Gasteiger partial charge in [0.15, 0.2) is 5.03 Å². The van der Waals surface area contributed by atoms with Crippen molar-refractivity contribution in [3.05, 3.63) is 45.9 Å². The van der Waals surface area contributed by atoms with Gasteiger partial charge in [0, 0.05) is 4.90 Å². The molecule has 1 heterocycles. The minimum atomic E-state index is -0.598. The number of halogens is 1. The van der Waals surface area contributed by atoms with Crippen molar-refractivity contribution in [2.24, 2.45) is 5.84 Å². The van der Waals surface area contributed by atoms with E-state index in [1.54, 1.807) is 6.07 Å². The quantitative estimate of drug-likeness (QED) is 0.385. The monoisotopic (exact) mass is 295 g/mol. The highest BCUT2D eigenvalue weighted by atomic mass is 32.2. The Balaban J connectivity index is 2.52. The van der Waals surface area contributed by atoms with E-state index in [1.165, 1.54) is 25.1 Å². The highest BCUT2D eigenvalue weighted by Gasteiger charge is 2.23. The third kappa shape index (κ3) is 2.83. The van der Waals surface area contributed by atoms with Gasteiger partial charge in [-0.2, -0.15) is 4.98 Å². The van der Waals surface area contributed by atoms with Gasteiger partial charge in [-0.15, -0.1) is 0 Å². The van der Waals surface area contributed by atoms with Crippen molar-refractivity contribution in [1.82, 2.24) is 9.97 Å². The summed E-state index contributed by atoms with van der Waals surface area (Å²) in [6.07, 6.45) is 0. The molecule has 0 bridgehead atoms. The number of nitrogens with zero attached hydrogens (tertiary/aromatic N) is 3. The van der Waals surface area contributed by atoms with Crippen LogP contribution in [-0.4, -0.2) is 14.9 Å². The Morgan fingerprint density at radius 2 is 2.10 bits per heavy atom. The average molecular weight is 295 g/mol. The topological polar surface area (TPSA) is 107 Å². The Morgan fingerprint density at radius 1 is 1.40 bits per heavy atom. The number of hydrogen-bond donors (Lipinski definition) is 2. The summed E-state index contributed by atoms with van der Waals surface area (Å²) in [6, 6.07) is 5.94. The van der Waals surface area contributed by atoms with Gasteiger partial charge in [0.05, 0.1) is 4.92 Å². The largest absolute Gasteiger partial charge is 0.322 e. The van der Waals surface area contributed by atoms with Gasteiger partial charge in [-0.1, -0.05) is 23.9 Å². The van der Waals surface area contributed by atoms with E-state index in [9.17, 15) is 14.5 Å². The lowest BCUT2D eigenvalue weighted by molar-refractivity contribution is -0.389. The summed E-state index contributed by atoms with van der Waals surface area (Å²) >= 11 is 0.850. The Hall–Kier alpha value is -2.26. The number of hydrogen-bond acceptors (Lipinski definition) is 7. The van der Waals surface area contributed by atoms with Crippen molar-refractivity contribution >= 4 is 23.4 Å². The van der Waals surface area contributed by atoms with Crippen molar-refractivity contribution < 1.29 is 9.31 Å². The molecule has 9 heteroatoms. The molecular weight excluding hydrogens is 285 g/mol. The first-order valence-corrected chi connectivity index (χ1v) is 6.26. The van der Waals surface area contributed by atoms with Crippen molar-refractivity contribution in [2.45, 2.75) is 16.8 Å². The van der Waals surface area contributed by atoms with Crippen LogP contribution in [0.15, 0.2) is 34.2 Å². The number of nitrogens with one attached hydrogen (secondary N) is 1. The molecule has 0 saturated carbocycles. The van der Waals surface area contributed by atoms with Gasteiger partial charge in [-0.25, -0.2) is 15.2 Å². The lowest BCUT2D eigenvalue weighted by atomic mass is 10.3. The number of nitrogen functional groups attached to an aromatic ring is 1. The maximum absolute atomic E-state index is 13.6. The van der Waals surface area contributed by atoms with Gasteiger partial charge in [0.25, 0.3) is 0 Å². The van der Waals surface area contributed by atoms with Gasteiger partial charge in [-0.3, -0.25) is 15.5 Å². The summed E-state index contributed by atoms with van der Waals surface area (Å²) in [5.74, 6) is 4.76. The van der Waals surface area contributed by atoms with Crippen LogP contribution in [0, 0.1) is 22.9 Å². The van der Waals surface area contributed by atoms with Gasteiger partial charge in [0.2, 0.25) is 5.95 Å². The van der Waals surface area contributed by atoms with Gasteiger partial charge in [-0.05, 0) is 19.1 Å². The molecule has 0 fully saturated rings. The summed E-state index contributed by atoms with van der Waals surface area (Å²) in [5.41, 5.74) is 2.11. The lowest BCUT2D eigenvalue weighted by Crippen LogP contribution is -2.12. The van der Waals surface area contributed by atoms with Crippen LogP contribution in [0.3, 0.4) is 0 Å². The maximum Gasteiger partial charge on any atom is 0.322 e. The van der Waals surface area contributed by atoms with Crippen LogP contribution in [0.5, 0.6) is 0 Å². The molecule has 20 heavy (non-hydrogen) atoms. The van der Waals surface area contributed by atoms with Crippen LogP contribution in [0.1, 0.15) is 5.69 Å². The summed E-state index contributed by atoms with van der Waals surface area (Å²) in [5, 5.41) is 11.1. The number of hydrazine groups is 1. The summed E-state index contributed by atoms with van der Waals surface area (Å²) in [7, 11) is 0. The Kier molecular flexibility index (Phi) is 4.11. The second-order valence-electron chi connectivity index (χ2n) is 3.72. The number of rotatable bonds is 4. The molecule has 104 valence electrons. The summed E-state index contributed by atoms with van der Waals surface area (Å²) < 4.78 is 13.6. The fourth-order valence-electron chi connectivity index (χ4n) is 1.52. The molecule has 7 nitrogen and oxygen atoms in total. The predicted molar refractivity (Wildman–Crippen MR) is 71.8 cm³/mol. The predicted octanol–water partition coefficient (Wildman–Crippen LogP) is 2.27. The minimum absolute atomic E-state index is 0.0283. The molecule has 0 amide bonds. The fraction of sp³-hybridized carbons (Fsp3) is 0.0909. The number of anilines is 1. The fourth-order valence-corrected chi connectivity index (χ4v) is 2.49. The molecule has 0 unspecified atom stereocenters. The van der Waals surface area contributed by atoms with Crippen LogP contribution in [-0.2, 0) is 0 Å². The highest BCUT2D eigenvalue weighted by molar-refractivity contribution is 7.99. The molecule has 2 rings (SSSR count). The van der Waals surface area contributed by atoms with E-state index in [0.29, 0.717) is 0 Å². The van der Waals surface area contributed by atoms with E-state index >= 15 is 0 Å². The maximum atomic E-state index is 13.6. The molecule has 0 aliphatic carbocycles. The second kappa shape index (κ2) is 5.80. The zero-order valence-corrected chi connectivity index (χ0v) is 11.1. The molecule has 0 saturated heterocycles. The first-order chi connectivity index (χ1) is 9.52. The Bertz CT molecular complexity index is 667. The van der Waals surface area contributed by atoms with E-state index in [-0.39, 0.29) is 27.3 Å². The van der Waals surface area contributed by atoms with E-state index in [2.05, 4.69) is 15.4 Å². The van der Waals surface area contributed by atoms with E-state index < -0.39 is 10.7 Å². The average Bonchev–Trinajstić information content (AvgIpc) is 2.40. The first-order valence-electron chi connectivity index (χ1n) is 5.45. The SMILES string of the molecule is Cc1nc(NN)nc(Sc2ccccc2F)c1[N+](=O)[O-]. The Labute approximate surface area is 117 Å². The van der Waals surface area contributed by atoms with Crippen molar-refractivity contribution in [3.63, 3.8) is 0 Å². The van der Waals surface area contributed by atoms with Crippen molar-refractivity contribution in [2.75, 3.05) is 5.43 Å². The smallest absolute Gasteiger partial charge is 0.292 e. The number of nitro groups is 1. The zero-order valence-electron chi connectivity index (χ0n) is 10.3. The molecule has 3 N–H and O–H groups in total. The normalized spacial score (nSPS) is 10.3. The lowest BCUT2D eigenvalue weighted by Gasteiger charge is -2.07. The van der Waals surface area contributed by atoms with E-state index in [1.807, 2.05) is 0 Å². The van der Waals surface area contributed by atoms with Gasteiger partial charge >= 0.3 is 5.69 Å². The molecule has 0 aliphatic rings. The molecule has 0 spiro atoms. The van der Waals surface area contributed by atoms with Crippen LogP contribution < -0.4 is 11.3 Å². The van der Waals surface area contributed by atoms with Crippen LogP contribution >= 0.6 is 11.8 Å². The molecular formula is C11H10FN5O2S. The number of aromatic nitrogens is 2. The second-order valence-corrected chi connectivity index (χ2v) is 4.75. The minimum Gasteiger partial charge on any atom is -0.292 e. The summed E-state index contributed by atoms with van der Waals surface area (Å²) in [6.45, 7) is 1.46. The third-order valence-electron chi connectivity index (χ3n) is 2.38. The van der Waals surface area contributed by atoms with E-state index in [0.717, 1.165) is 11.8 Å². The van der Waals surface area contributed by atoms with Crippen LogP contribution in [0.25, 0.3) is 0 Å². The molecule has 1 aromatic carbocycles.